The number of carbonyl (C=O) groups is 1. The zero-order valence-corrected chi connectivity index (χ0v) is 8.80. The fourth-order valence-corrected chi connectivity index (χ4v) is 1.52. The summed E-state index contributed by atoms with van der Waals surface area (Å²) < 4.78 is 0. The molecule has 3 nitrogen and oxygen atoms in total. The van der Waals surface area contributed by atoms with Gasteiger partial charge < -0.3 is 9.80 Å². The monoisotopic (exact) mass is 170 g/mol. The maximum atomic E-state index is 11.6. The number of hydrogen-bond acceptors (Lipinski definition) is 1. The van der Waals surface area contributed by atoms with Gasteiger partial charge in [-0.2, -0.15) is 0 Å². The van der Waals surface area contributed by atoms with Crippen molar-refractivity contribution in [2.75, 3.05) is 14.1 Å². The summed E-state index contributed by atoms with van der Waals surface area (Å²) in [5, 5.41) is 0. The Labute approximate surface area is 74.3 Å². The normalized spacial score (nSPS) is 26.7. The summed E-state index contributed by atoms with van der Waals surface area (Å²) in [7, 11) is 3.71. The average molecular weight is 170 g/mol. The predicted molar refractivity (Wildman–Crippen MR) is 49.1 cm³/mol. The number of rotatable bonds is 0. The van der Waals surface area contributed by atoms with Crippen molar-refractivity contribution < 1.29 is 4.79 Å². The van der Waals surface area contributed by atoms with Crippen LogP contribution in [0.3, 0.4) is 0 Å². The summed E-state index contributed by atoms with van der Waals surface area (Å²) in [4.78, 5) is 15.2. The van der Waals surface area contributed by atoms with Gasteiger partial charge in [0.05, 0.1) is 11.1 Å². The molecule has 1 heterocycles. The van der Waals surface area contributed by atoms with Crippen molar-refractivity contribution in [3.8, 4) is 0 Å². The molecule has 3 heteroatoms. The highest BCUT2D eigenvalue weighted by atomic mass is 16.2. The van der Waals surface area contributed by atoms with Crippen molar-refractivity contribution in [3.05, 3.63) is 0 Å². The van der Waals surface area contributed by atoms with Crippen LogP contribution in [-0.4, -0.2) is 41.0 Å². The maximum Gasteiger partial charge on any atom is 0.320 e. The van der Waals surface area contributed by atoms with Gasteiger partial charge in [0.25, 0.3) is 0 Å². The van der Waals surface area contributed by atoms with Crippen LogP contribution in [0.1, 0.15) is 27.7 Å². The Balaban J connectivity index is 3.14. The molecule has 0 aromatic carbocycles. The Hall–Kier alpha value is -0.730. The molecular formula is C9H18N2O. The van der Waals surface area contributed by atoms with Crippen LogP contribution in [0.2, 0.25) is 0 Å². The van der Waals surface area contributed by atoms with E-state index in [9.17, 15) is 4.79 Å². The first-order valence-electron chi connectivity index (χ1n) is 4.24. The molecular weight excluding hydrogens is 152 g/mol. The van der Waals surface area contributed by atoms with Gasteiger partial charge in [-0.15, -0.1) is 0 Å². The van der Waals surface area contributed by atoms with Gasteiger partial charge in [0.2, 0.25) is 0 Å². The summed E-state index contributed by atoms with van der Waals surface area (Å²) >= 11 is 0. The molecule has 0 bridgehead atoms. The Morgan fingerprint density at radius 1 is 0.917 bits per heavy atom. The lowest BCUT2D eigenvalue weighted by molar-refractivity contribution is 0.134. The first kappa shape index (κ1) is 9.36. The van der Waals surface area contributed by atoms with E-state index in [0.717, 1.165) is 0 Å². The van der Waals surface area contributed by atoms with Crippen LogP contribution in [0, 0.1) is 0 Å². The SMILES string of the molecule is CN1C(=O)N(C)C(C)(C)C1(C)C. The fraction of sp³-hybridized carbons (Fsp3) is 0.889. The number of carbonyl (C=O) groups excluding carboxylic acids is 1. The van der Waals surface area contributed by atoms with E-state index in [0.29, 0.717) is 0 Å². The lowest BCUT2D eigenvalue weighted by atomic mass is 9.83. The van der Waals surface area contributed by atoms with Crippen LogP contribution in [0.25, 0.3) is 0 Å². The molecule has 0 N–H and O–H groups in total. The van der Waals surface area contributed by atoms with Crippen LogP contribution < -0.4 is 0 Å². The van der Waals surface area contributed by atoms with E-state index in [1.165, 1.54) is 0 Å². The second-order valence-corrected chi connectivity index (χ2v) is 4.52. The van der Waals surface area contributed by atoms with Crippen LogP contribution in [0.4, 0.5) is 4.79 Å². The molecule has 1 rings (SSSR count). The Morgan fingerprint density at radius 2 is 1.17 bits per heavy atom. The van der Waals surface area contributed by atoms with E-state index in [1.54, 1.807) is 9.80 Å². The van der Waals surface area contributed by atoms with Gasteiger partial charge in [0, 0.05) is 14.1 Å². The largest absolute Gasteiger partial charge is 0.320 e. The standard InChI is InChI=1S/C9H18N2O/c1-8(2)9(3,4)11(6)7(12)10(8)5/h1-6H3. The molecule has 1 aliphatic rings. The molecule has 1 saturated heterocycles. The van der Waals surface area contributed by atoms with E-state index < -0.39 is 0 Å². The minimum Gasteiger partial charge on any atom is -0.320 e. The quantitative estimate of drug-likeness (QED) is 0.541. The molecule has 0 aromatic rings. The van der Waals surface area contributed by atoms with Crippen LogP contribution in [0.5, 0.6) is 0 Å². The first-order valence-corrected chi connectivity index (χ1v) is 4.24. The van der Waals surface area contributed by atoms with Gasteiger partial charge in [-0.1, -0.05) is 0 Å². The first-order chi connectivity index (χ1) is 5.23. The minimum absolute atomic E-state index is 0.0984. The molecule has 0 aliphatic carbocycles. The van der Waals surface area contributed by atoms with E-state index in [2.05, 4.69) is 27.7 Å². The van der Waals surface area contributed by atoms with E-state index in [4.69, 9.17) is 0 Å². The molecule has 0 atom stereocenters. The third-order valence-corrected chi connectivity index (χ3v) is 3.75. The molecule has 0 saturated carbocycles. The summed E-state index contributed by atoms with van der Waals surface area (Å²) in [5.41, 5.74) is -0.197. The van der Waals surface area contributed by atoms with Crippen molar-refractivity contribution in [1.82, 2.24) is 9.80 Å². The summed E-state index contributed by atoms with van der Waals surface area (Å²) in [6.07, 6.45) is 0. The molecule has 0 spiro atoms. The summed E-state index contributed by atoms with van der Waals surface area (Å²) in [5.74, 6) is 0. The Bertz CT molecular complexity index is 199. The molecule has 0 aromatic heterocycles. The van der Waals surface area contributed by atoms with E-state index in [1.807, 2.05) is 14.1 Å². The molecule has 12 heavy (non-hydrogen) atoms. The molecule has 70 valence electrons. The van der Waals surface area contributed by atoms with Gasteiger partial charge in [-0.05, 0) is 27.7 Å². The van der Waals surface area contributed by atoms with Crippen molar-refractivity contribution in [2.24, 2.45) is 0 Å². The fourth-order valence-electron chi connectivity index (χ4n) is 1.52. The average Bonchev–Trinajstić information content (AvgIpc) is 2.05. The number of hydrogen-bond donors (Lipinski definition) is 0. The van der Waals surface area contributed by atoms with Gasteiger partial charge >= 0.3 is 6.03 Å². The number of likely N-dealkylation sites (N-methyl/N-ethyl adjacent to an activating group) is 2. The van der Waals surface area contributed by atoms with Gasteiger partial charge in [0.1, 0.15) is 0 Å². The van der Waals surface area contributed by atoms with Gasteiger partial charge in [0.15, 0.2) is 0 Å². The van der Waals surface area contributed by atoms with Crippen molar-refractivity contribution in [2.45, 2.75) is 38.8 Å². The molecule has 0 radical (unpaired) electrons. The number of amides is 2. The Kier molecular flexibility index (Phi) is 1.68. The van der Waals surface area contributed by atoms with Gasteiger partial charge in [-0.25, -0.2) is 4.79 Å². The van der Waals surface area contributed by atoms with Crippen LogP contribution in [0.15, 0.2) is 0 Å². The smallest absolute Gasteiger partial charge is 0.320 e. The van der Waals surface area contributed by atoms with Crippen LogP contribution >= 0.6 is 0 Å². The zero-order valence-electron chi connectivity index (χ0n) is 8.80. The molecule has 1 aliphatic heterocycles. The van der Waals surface area contributed by atoms with Crippen LogP contribution in [-0.2, 0) is 0 Å². The lowest BCUT2D eigenvalue weighted by Crippen LogP contribution is -2.52. The molecule has 2 amide bonds. The van der Waals surface area contributed by atoms with Crippen molar-refractivity contribution >= 4 is 6.03 Å². The highest BCUT2D eigenvalue weighted by Crippen LogP contribution is 2.38. The lowest BCUT2D eigenvalue weighted by Gasteiger charge is -2.39. The second-order valence-electron chi connectivity index (χ2n) is 4.52. The second kappa shape index (κ2) is 2.15. The maximum absolute atomic E-state index is 11.6. The third-order valence-electron chi connectivity index (χ3n) is 3.75. The Morgan fingerprint density at radius 3 is 1.25 bits per heavy atom. The number of urea groups is 1. The van der Waals surface area contributed by atoms with E-state index >= 15 is 0 Å². The number of nitrogens with zero attached hydrogens (tertiary/aromatic N) is 2. The minimum atomic E-state index is -0.0984. The topological polar surface area (TPSA) is 23.6 Å². The summed E-state index contributed by atoms with van der Waals surface area (Å²) in [6, 6.07) is 0.102. The van der Waals surface area contributed by atoms with E-state index in [-0.39, 0.29) is 17.1 Å². The highest BCUT2D eigenvalue weighted by molar-refractivity contribution is 5.79. The summed E-state index contributed by atoms with van der Waals surface area (Å²) in [6.45, 7) is 8.37. The molecule has 1 fully saturated rings. The third kappa shape index (κ3) is 0.793. The van der Waals surface area contributed by atoms with Crippen molar-refractivity contribution in [1.29, 1.82) is 0 Å². The zero-order chi connectivity index (χ0) is 9.73. The predicted octanol–water partition coefficient (Wildman–Crippen LogP) is 1.54. The van der Waals surface area contributed by atoms with Gasteiger partial charge in [-0.3, -0.25) is 0 Å². The molecule has 0 unspecified atom stereocenters. The van der Waals surface area contributed by atoms with Crippen molar-refractivity contribution in [3.63, 3.8) is 0 Å². The highest BCUT2D eigenvalue weighted by Gasteiger charge is 2.53.